The molecule has 1 amide bonds. The van der Waals surface area contributed by atoms with E-state index in [4.69, 9.17) is 9.47 Å². The molecule has 4 atom stereocenters. The number of carboxylic acid groups (broad SMARTS) is 1. The van der Waals surface area contributed by atoms with E-state index < -0.39 is 5.97 Å². The van der Waals surface area contributed by atoms with Crippen LogP contribution in [0.2, 0.25) is 0 Å². The lowest BCUT2D eigenvalue weighted by Crippen LogP contribution is -2.43. The Morgan fingerprint density at radius 2 is 1.15 bits per heavy atom. The number of thiophene rings is 2. The number of carbonyl (C=O) groups excluding carboxylic acids is 1. The lowest BCUT2D eigenvalue weighted by atomic mass is 9.86. The Morgan fingerprint density at radius 1 is 0.682 bits per heavy atom. The number of aliphatic imine (C=N–C) groups is 2. The van der Waals surface area contributed by atoms with Crippen LogP contribution in [0.25, 0.3) is 20.4 Å². The first kappa shape index (κ1) is 43.9. The highest BCUT2D eigenvalue weighted by Gasteiger charge is 2.38. The molecule has 1 fully saturated rings. The van der Waals surface area contributed by atoms with Gasteiger partial charge >= 0.3 is 5.97 Å². The van der Waals surface area contributed by atoms with E-state index in [0.29, 0.717) is 43.9 Å². The number of rotatable bonds is 10. The third kappa shape index (κ3) is 8.49. The number of likely N-dealkylation sites (tertiary alicyclic amines) is 1. The minimum absolute atomic E-state index is 0.0400. The summed E-state index contributed by atoms with van der Waals surface area (Å²) in [6.07, 6.45) is 13.7. The van der Waals surface area contributed by atoms with Crippen molar-refractivity contribution in [3.05, 3.63) is 80.1 Å². The molecule has 16 heteroatoms. The molecule has 342 valence electrons. The van der Waals surface area contributed by atoms with Gasteiger partial charge in [-0.25, -0.2) is 19.9 Å². The van der Waals surface area contributed by atoms with Gasteiger partial charge in [-0.3, -0.25) is 19.6 Å². The largest absolute Gasteiger partial charge is 0.489 e. The van der Waals surface area contributed by atoms with Crippen LogP contribution >= 0.6 is 22.7 Å². The van der Waals surface area contributed by atoms with Crippen LogP contribution in [0.1, 0.15) is 110 Å². The third-order valence-electron chi connectivity index (χ3n) is 13.3. The Hall–Kier alpha value is -6.00. The molecular weight excluding hydrogens is 871 g/mol. The Bertz CT molecular complexity index is 2930. The lowest BCUT2D eigenvalue weighted by Gasteiger charge is -2.32. The summed E-state index contributed by atoms with van der Waals surface area (Å²) >= 11 is 3.28. The molecule has 2 unspecified atom stereocenters. The zero-order chi connectivity index (χ0) is 45.8. The molecule has 11 rings (SSSR count). The van der Waals surface area contributed by atoms with Crippen molar-refractivity contribution in [2.75, 3.05) is 10.6 Å². The number of aliphatic carboxylic acids is 1. The summed E-state index contributed by atoms with van der Waals surface area (Å²) in [6.45, 7) is 13.8. The molecular formula is C50H55N9O5S2. The van der Waals surface area contributed by atoms with Crippen molar-refractivity contribution in [1.29, 1.82) is 0 Å². The molecule has 0 radical (unpaired) electrons. The number of aromatic nitrogens is 4. The zero-order valence-electron chi connectivity index (χ0n) is 38.2. The van der Waals surface area contributed by atoms with Crippen LogP contribution in [-0.2, 0) is 48.4 Å². The van der Waals surface area contributed by atoms with Crippen LogP contribution in [0.5, 0.6) is 11.5 Å². The van der Waals surface area contributed by atoms with Crippen molar-refractivity contribution in [1.82, 2.24) is 24.8 Å². The fraction of sp³-hybridized carbons (Fsp3) is 0.440. The number of nitrogens with one attached hydrogen (secondary N) is 2. The van der Waals surface area contributed by atoms with E-state index >= 15 is 0 Å². The lowest BCUT2D eigenvalue weighted by molar-refractivity contribution is -0.142. The average Bonchev–Trinajstić information content (AvgIpc) is 4.13. The van der Waals surface area contributed by atoms with Crippen LogP contribution < -0.4 is 20.1 Å². The Kier molecular flexibility index (Phi) is 12.0. The van der Waals surface area contributed by atoms with E-state index in [-0.39, 0.29) is 24.0 Å². The summed E-state index contributed by atoms with van der Waals surface area (Å²) < 4.78 is 12.2. The number of hydrogen-bond acceptors (Lipinski definition) is 14. The van der Waals surface area contributed by atoms with Crippen LogP contribution in [-0.4, -0.2) is 78.5 Å². The summed E-state index contributed by atoms with van der Waals surface area (Å²) in [6, 6.07) is 8.97. The number of ether oxygens (including phenoxy) is 2. The standard InChI is InChI=1S/C28H33N5O2S.C22H22N4O3S/c1-15(2)35-23-10-20-13-29-12-19(20)9-22(23)32-26-25-21-8-7-18(11-24(21)36-27(25)31-14-30-26)28(34)33-16(3)5-6-17(33)4;1-11(2)29-17-6-14-9-23-8-13(14)5-16(17)26-20-19-15-4-3-12(22(27)28)7-18(15)30-21(19)25-10-24-20/h9-10,12,14-18H,5-8,11,13H2,1-4H3,(H,30,31,32);5-6,8,10-12H,3-4,7,9H2,1-2H3,(H,27,28)(H,24,25,26)/t16-,17-,18?;/m1./s1. The monoisotopic (exact) mass is 925 g/mol. The first-order valence-electron chi connectivity index (χ1n) is 23.1. The maximum Gasteiger partial charge on any atom is 0.306 e. The molecule has 6 aromatic rings. The highest BCUT2D eigenvalue weighted by Crippen LogP contribution is 2.44. The summed E-state index contributed by atoms with van der Waals surface area (Å²) in [5, 5.41) is 18.5. The number of anilines is 4. The van der Waals surface area contributed by atoms with Crippen LogP contribution in [0.4, 0.5) is 23.0 Å². The first-order valence-corrected chi connectivity index (χ1v) is 24.8. The first-order chi connectivity index (χ1) is 31.9. The fourth-order valence-electron chi connectivity index (χ4n) is 10.1. The van der Waals surface area contributed by atoms with Gasteiger partial charge in [-0.2, -0.15) is 0 Å². The van der Waals surface area contributed by atoms with Gasteiger partial charge in [0.2, 0.25) is 5.91 Å². The number of amides is 1. The van der Waals surface area contributed by atoms with E-state index in [1.165, 1.54) is 21.6 Å². The molecule has 66 heavy (non-hydrogen) atoms. The van der Waals surface area contributed by atoms with Crippen molar-refractivity contribution in [3.8, 4) is 11.5 Å². The van der Waals surface area contributed by atoms with E-state index in [9.17, 15) is 14.7 Å². The normalized spacial score (nSPS) is 20.3. The van der Waals surface area contributed by atoms with E-state index in [1.807, 2.05) is 46.2 Å². The quantitative estimate of drug-likeness (QED) is 0.119. The van der Waals surface area contributed by atoms with Crippen LogP contribution in [0.15, 0.2) is 46.9 Å². The fourth-order valence-corrected chi connectivity index (χ4v) is 12.6. The van der Waals surface area contributed by atoms with Crippen molar-refractivity contribution in [3.63, 3.8) is 0 Å². The van der Waals surface area contributed by atoms with E-state index in [1.54, 1.807) is 35.3 Å². The summed E-state index contributed by atoms with van der Waals surface area (Å²) in [5.74, 6) is 2.45. The second-order valence-electron chi connectivity index (χ2n) is 18.7. The molecule has 2 aliphatic carbocycles. The summed E-state index contributed by atoms with van der Waals surface area (Å²) in [7, 11) is 0. The van der Waals surface area contributed by atoms with Crippen molar-refractivity contribution >= 4 is 90.4 Å². The number of hydrogen-bond donors (Lipinski definition) is 3. The molecule has 1 saturated heterocycles. The maximum absolute atomic E-state index is 13.4. The van der Waals surface area contributed by atoms with Gasteiger partial charge in [-0.1, -0.05) is 0 Å². The molecule has 4 aromatic heterocycles. The molecule has 5 aliphatic rings. The number of nitrogens with zero attached hydrogens (tertiary/aromatic N) is 7. The molecule has 3 aliphatic heterocycles. The second kappa shape index (κ2) is 18.0. The van der Waals surface area contributed by atoms with E-state index in [2.05, 4.69) is 77.5 Å². The number of fused-ring (bicyclic) bond motifs is 8. The Labute approximate surface area is 392 Å². The van der Waals surface area contributed by atoms with Crippen LogP contribution in [0.3, 0.4) is 0 Å². The minimum Gasteiger partial charge on any atom is -0.489 e. The predicted octanol–water partition coefficient (Wildman–Crippen LogP) is 10.0. The zero-order valence-corrected chi connectivity index (χ0v) is 39.8. The highest BCUT2D eigenvalue weighted by atomic mass is 32.1. The van der Waals surface area contributed by atoms with Gasteiger partial charge in [-0.15, -0.1) is 22.7 Å². The molecule has 3 N–H and O–H groups in total. The minimum atomic E-state index is -0.724. The molecule has 0 spiro atoms. The molecule has 0 bridgehead atoms. The number of aryl methyl sites for hydroxylation is 2. The van der Waals surface area contributed by atoms with Crippen LogP contribution in [0, 0.1) is 11.8 Å². The molecule has 0 saturated carbocycles. The third-order valence-corrected chi connectivity index (χ3v) is 15.6. The summed E-state index contributed by atoms with van der Waals surface area (Å²) in [4.78, 5) is 58.3. The van der Waals surface area contributed by atoms with Gasteiger partial charge < -0.3 is 30.1 Å². The van der Waals surface area contributed by atoms with Gasteiger partial charge in [0.25, 0.3) is 0 Å². The van der Waals surface area contributed by atoms with Gasteiger partial charge in [0, 0.05) is 40.2 Å². The SMILES string of the molecule is CC(C)Oc1cc2c(cc1Nc1ncnc3sc4c(c13)CCC(C(=O)N1[C@H](C)CC[C@H]1C)C4)C=NC2.CC(C)Oc1cc2c(cc1Nc1ncnc3sc4c(c13)CCC(C(=O)O)C4)C=NC2. The van der Waals surface area contributed by atoms with Gasteiger partial charge in [-0.05, 0) is 151 Å². The predicted molar refractivity (Wildman–Crippen MR) is 262 cm³/mol. The van der Waals surface area contributed by atoms with Crippen molar-refractivity contribution < 1.29 is 24.2 Å². The van der Waals surface area contributed by atoms with Crippen molar-refractivity contribution in [2.45, 2.75) is 130 Å². The van der Waals surface area contributed by atoms with Gasteiger partial charge in [0.1, 0.15) is 45.5 Å². The van der Waals surface area contributed by atoms with Gasteiger partial charge in [0.05, 0.1) is 53.4 Å². The topological polar surface area (TPSA) is 176 Å². The van der Waals surface area contributed by atoms with Crippen molar-refractivity contribution in [2.24, 2.45) is 21.8 Å². The number of carbonyl (C=O) groups is 2. The number of benzene rings is 2. The highest BCUT2D eigenvalue weighted by molar-refractivity contribution is 7.19. The molecule has 7 heterocycles. The smallest absolute Gasteiger partial charge is 0.306 e. The Morgan fingerprint density at radius 3 is 1.62 bits per heavy atom. The average molecular weight is 926 g/mol. The summed E-state index contributed by atoms with van der Waals surface area (Å²) in [5.41, 5.74) is 8.70. The van der Waals surface area contributed by atoms with Gasteiger partial charge in [0.15, 0.2) is 0 Å². The maximum atomic E-state index is 13.4. The number of carboxylic acids is 1. The second-order valence-corrected chi connectivity index (χ2v) is 20.8. The molecule has 2 aromatic carbocycles. The Balaban J connectivity index is 0.000000158. The molecule has 14 nitrogen and oxygen atoms in total. The van der Waals surface area contributed by atoms with E-state index in [0.717, 1.165) is 115 Å².